The molecule has 0 saturated heterocycles. The molecule has 0 N–H and O–H groups in total. The first-order valence-corrected chi connectivity index (χ1v) is 10.3. The van der Waals surface area contributed by atoms with Crippen molar-refractivity contribution >= 4 is 17.7 Å². The lowest BCUT2D eigenvalue weighted by Gasteiger charge is -2.21. The molecular formula is C18H23N5O3S. The van der Waals surface area contributed by atoms with Gasteiger partial charge in [0.25, 0.3) is 0 Å². The van der Waals surface area contributed by atoms with Gasteiger partial charge in [0.05, 0.1) is 11.8 Å². The fourth-order valence-corrected chi connectivity index (χ4v) is 4.36. The summed E-state index contributed by atoms with van der Waals surface area (Å²) < 4.78 is 12.6. The van der Waals surface area contributed by atoms with Crippen molar-refractivity contribution in [2.75, 3.05) is 19.1 Å². The summed E-state index contributed by atoms with van der Waals surface area (Å²) in [5.41, 5.74) is 1.02. The number of hydrogen-bond acceptors (Lipinski definition) is 7. The molecule has 2 heterocycles. The molecule has 1 fully saturated rings. The highest BCUT2D eigenvalue weighted by Gasteiger charge is 2.23. The van der Waals surface area contributed by atoms with E-state index in [1.807, 2.05) is 34.7 Å². The van der Waals surface area contributed by atoms with Crippen molar-refractivity contribution < 1.29 is 14.3 Å². The SMILES string of the molecule is CCN(Cc1ccc2c(c1)OCO2)C(=O)CSc1nnnn1C1CCCC1. The summed E-state index contributed by atoms with van der Waals surface area (Å²) >= 11 is 1.41. The standard InChI is InChI=1S/C18H23N5O3S/c1-2-22(10-13-7-8-15-16(9-13)26-12-25-15)17(24)11-27-18-19-20-21-23(18)14-5-3-4-6-14/h7-9,14H,2-6,10-12H2,1H3. The van der Waals surface area contributed by atoms with Crippen LogP contribution in [-0.4, -0.2) is 50.1 Å². The number of ether oxygens (including phenoxy) is 2. The third-order valence-electron chi connectivity index (χ3n) is 5.00. The van der Waals surface area contributed by atoms with Crippen molar-refractivity contribution in [2.45, 2.75) is 50.4 Å². The predicted molar refractivity (Wildman–Crippen MR) is 99.7 cm³/mol. The number of fused-ring (bicyclic) bond motifs is 1. The Balaban J connectivity index is 1.36. The molecule has 1 aromatic carbocycles. The predicted octanol–water partition coefficient (Wildman–Crippen LogP) is 2.66. The lowest BCUT2D eigenvalue weighted by atomic mass is 10.2. The Bertz CT molecular complexity index is 806. The summed E-state index contributed by atoms with van der Waals surface area (Å²) in [5, 5.41) is 12.8. The number of benzene rings is 1. The maximum absolute atomic E-state index is 12.7. The van der Waals surface area contributed by atoms with Gasteiger partial charge in [0, 0.05) is 13.1 Å². The summed E-state index contributed by atoms with van der Waals surface area (Å²) in [6, 6.07) is 6.16. The number of tetrazole rings is 1. The summed E-state index contributed by atoms with van der Waals surface area (Å²) in [6.45, 7) is 3.42. The van der Waals surface area contributed by atoms with Crippen molar-refractivity contribution in [3.8, 4) is 11.5 Å². The number of rotatable bonds is 7. The number of nitrogens with zero attached hydrogens (tertiary/aromatic N) is 5. The molecule has 0 atom stereocenters. The Kier molecular flexibility index (Phi) is 5.47. The Hall–Kier alpha value is -2.29. The van der Waals surface area contributed by atoms with Gasteiger partial charge >= 0.3 is 0 Å². The summed E-state index contributed by atoms with van der Waals surface area (Å²) in [7, 11) is 0. The van der Waals surface area contributed by atoms with Gasteiger partial charge in [-0.2, -0.15) is 0 Å². The second kappa shape index (κ2) is 8.16. The van der Waals surface area contributed by atoms with Crippen LogP contribution in [0.2, 0.25) is 0 Å². The normalized spacial score (nSPS) is 16.0. The fourth-order valence-electron chi connectivity index (χ4n) is 3.51. The minimum absolute atomic E-state index is 0.0705. The molecule has 1 aromatic heterocycles. The zero-order valence-corrected chi connectivity index (χ0v) is 16.2. The highest BCUT2D eigenvalue weighted by molar-refractivity contribution is 7.99. The van der Waals surface area contributed by atoms with E-state index in [0.29, 0.717) is 24.9 Å². The number of carbonyl (C=O) groups excluding carboxylic acids is 1. The van der Waals surface area contributed by atoms with E-state index in [9.17, 15) is 4.79 Å². The van der Waals surface area contributed by atoms with E-state index in [0.717, 1.165) is 35.1 Å². The fraction of sp³-hybridized carbons (Fsp3) is 0.556. The Morgan fingerprint density at radius 2 is 2.11 bits per heavy atom. The molecule has 1 saturated carbocycles. The molecule has 8 nitrogen and oxygen atoms in total. The van der Waals surface area contributed by atoms with Crippen LogP contribution in [0.5, 0.6) is 11.5 Å². The Morgan fingerprint density at radius 1 is 1.30 bits per heavy atom. The monoisotopic (exact) mass is 389 g/mol. The summed E-state index contributed by atoms with van der Waals surface area (Å²) in [4.78, 5) is 14.5. The quantitative estimate of drug-likeness (QED) is 0.673. The van der Waals surface area contributed by atoms with Gasteiger partial charge in [-0.05, 0) is 47.9 Å². The van der Waals surface area contributed by atoms with E-state index in [1.165, 1.54) is 24.6 Å². The minimum atomic E-state index is 0.0705. The van der Waals surface area contributed by atoms with Crippen molar-refractivity contribution in [3.05, 3.63) is 23.8 Å². The number of hydrogen-bond donors (Lipinski definition) is 0. The molecule has 1 aliphatic carbocycles. The van der Waals surface area contributed by atoms with E-state index in [1.54, 1.807) is 0 Å². The van der Waals surface area contributed by atoms with Crippen LogP contribution in [0.1, 0.15) is 44.2 Å². The first-order valence-electron chi connectivity index (χ1n) is 9.31. The van der Waals surface area contributed by atoms with Gasteiger partial charge in [0.2, 0.25) is 17.9 Å². The topological polar surface area (TPSA) is 82.4 Å². The second-order valence-corrected chi connectivity index (χ2v) is 7.67. The Morgan fingerprint density at radius 3 is 2.93 bits per heavy atom. The molecule has 2 aliphatic rings. The molecule has 0 spiro atoms. The van der Waals surface area contributed by atoms with Crippen molar-refractivity contribution in [2.24, 2.45) is 0 Å². The summed E-state index contributed by atoms with van der Waals surface area (Å²) in [5.74, 6) is 1.88. The zero-order valence-electron chi connectivity index (χ0n) is 15.3. The van der Waals surface area contributed by atoms with Crippen LogP contribution in [0.15, 0.2) is 23.4 Å². The van der Waals surface area contributed by atoms with Crippen LogP contribution in [0.3, 0.4) is 0 Å². The lowest BCUT2D eigenvalue weighted by molar-refractivity contribution is -0.128. The maximum Gasteiger partial charge on any atom is 0.233 e. The molecule has 0 unspecified atom stereocenters. The highest BCUT2D eigenvalue weighted by Crippen LogP contribution is 2.33. The van der Waals surface area contributed by atoms with Crippen LogP contribution in [0.25, 0.3) is 0 Å². The molecule has 0 bridgehead atoms. The molecule has 144 valence electrons. The van der Waals surface area contributed by atoms with Gasteiger partial charge in [-0.3, -0.25) is 4.79 Å². The lowest BCUT2D eigenvalue weighted by Crippen LogP contribution is -2.31. The average Bonchev–Trinajstić information content (AvgIpc) is 3.44. The van der Waals surface area contributed by atoms with Gasteiger partial charge in [-0.15, -0.1) is 5.10 Å². The van der Waals surface area contributed by atoms with Gasteiger partial charge in [-0.25, -0.2) is 4.68 Å². The van der Waals surface area contributed by atoms with E-state index in [2.05, 4.69) is 15.5 Å². The van der Waals surface area contributed by atoms with E-state index in [-0.39, 0.29) is 12.7 Å². The minimum Gasteiger partial charge on any atom is -0.454 e. The number of amides is 1. The molecule has 1 aliphatic heterocycles. The average molecular weight is 389 g/mol. The summed E-state index contributed by atoms with van der Waals surface area (Å²) in [6.07, 6.45) is 4.65. The van der Waals surface area contributed by atoms with Gasteiger partial charge < -0.3 is 14.4 Å². The van der Waals surface area contributed by atoms with Crippen molar-refractivity contribution in [1.29, 1.82) is 0 Å². The maximum atomic E-state index is 12.7. The molecule has 2 aromatic rings. The van der Waals surface area contributed by atoms with Crippen molar-refractivity contribution in [3.63, 3.8) is 0 Å². The molecule has 9 heteroatoms. The van der Waals surface area contributed by atoms with E-state index < -0.39 is 0 Å². The molecule has 1 amide bonds. The second-order valence-electron chi connectivity index (χ2n) is 6.73. The van der Waals surface area contributed by atoms with Crippen LogP contribution in [0, 0.1) is 0 Å². The molecular weight excluding hydrogens is 366 g/mol. The number of thioether (sulfide) groups is 1. The van der Waals surface area contributed by atoms with Crippen molar-refractivity contribution in [1.82, 2.24) is 25.1 Å². The van der Waals surface area contributed by atoms with E-state index in [4.69, 9.17) is 9.47 Å². The number of aromatic nitrogens is 4. The van der Waals surface area contributed by atoms with E-state index >= 15 is 0 Å². The van der Waals surface area contributed by atoms with Gasteiger partial charge in [-0.1, -0.05) is 30.7 Å². The Labute approximate surface area is 162 Å². The third-order valence-corrected chi connectivity index (χ3v) is 5.92. The van der Waals surface area contributed by atoms with Gasteiger partial charge in [0.1, 0.15) is 0 Å². The smallest absolute Gasteiger partial charge is 0.233 e. The first kappa shape index (κ1) is 18.1. The molecule has 27 heavy (non-hydrogen) atoms. The van der Waals surface area contributed by atoms with Crippen LogP contribution in [-0.2, 0) is 11.3 Å². The largest absolute Gasteiger partial charge is 0.454 e. The zero-order chi connectivity index (χ0) is 18.6. The molecule has 4 rings (SSSR count). The number of carbonyl (C=O) groups is 1. The van der Waals surface area contributed by atoms with Gasteiger partial charge in [0.15, 0.2) is 11.5 Å². The molecule has 0 radical (unpaired) electrons. The third kappa shape index (κ3) is 4.02. The highest BCUT2D eigenvalue weighted by atomic mass is 32.2. The van der Waals surface area contributed by atoms with Crippen LogP contribution < -0.4 is 9.47 Å². The van der Waals surface area contributed by atoms with Crippen LogP contribution in [0.4, 0.5) is 0 Å². The first-order chi connectivity index (χ1) is 13.2. The van der Waals surface area contributed by atoms with Crippen LogP contribution >= 0.6 is 11.8 Å².